The molecule has 1 fully saturated rings. The number of aliphatic hydroxyl groups excluding tert-OH is 2. The van der Waals surface area contributed by atoms with Gasteiger partial charge >= 0.3 is 5.69 Å². The molecule has 0 aromatic carbocycles. The van der Waals surface area contributed by atoms with Gasteiger partial charge in [0, 0.05) is 12.3 Å². The summed E-state index contributed by atoms with van der Waals surface area (Å²) in [4.78, 5) is 25.1. The zero-order valence-electron chi connectivity index (χ0n) is 14.6. The summed E-state index contributed by atoms with van der Waals surface area (Å²) in [6.07, 6.45) is -3.06. The first-order valence-corrected chi connectivity index (χ1v) is 10.8. The third-order valence-corrected chi connectivity index (χ3v) is 9.38. The smallest absolute Gasteiger partial charge is 0.330 e. The molecule has 8 nitrogen and oxygen atoms in total. The van der Waals surface area contributed by atoms with E-state index in [1.807, 2.05) is 0 Å². The van der Waals surface area contributed by atoms with Crippen LogP contribution >= 0.6 is 0 Å². The standard InChI is InChI=1S/C15H26N2O6Si/c1-15(2,3)24(4,5)22-8-9-11(19)12(20)13(23-9)17-7-6-10(18)16-14(17)21/h6-7,9,11-13,19-20H,8H2,1-5H3,(H,16,18,21)/t9-,11?,12?,13-/m1/s1. The molecule has 2 rings (SSSR count). The van der Waals surface area contributed by atoms with Gasteiger partial charge in [0.25, 0.3) is 5.56 Å². The quantitative estimate of drug-likeness (QED) is 0.662. The van der Waals surface area contributed by atoms with Crippen LogP contribution < -0.4 is 11.2 Å². The van der Waals surface area contributed by atoms with Gasteiger partial charge in [0.15, 0.2) is 14.5 Å². The van der Waals surface area contributed by atoms with Crippen molar-refractivity contribution in [2.75, 3.05) is 6.61 Å². The molecule has 3 N–H and O–H groups in total. The van der Waals surface area contributed by atoms with E-state index in [1.54, 1.807) is 0 Å². The van der Waals surface area contributed by atoms with Crippen LogP contribution in [0.3, 0.4) is 0 Å². The normalized spacial score (nSPS) is 28.3. The zero-order valence-corrected chi connectivity index (χ0v) is 15.6. The van der Waals surface area contributed by atoms with Crippen molar-refractivity contribution < 1.29 is 19.4 Å². The maximum atomic E-state index is 11.8. The molecule has 0 amide bonds. The molecular weight excluding hydrogens is 332 g/mol. The Kier molecular flexibility index (Phi) is 5.21. The van der Waals surface area contributed by atoms with Gasteiger partial charge < -0.3 is 19.4 Å². The predicted molar refractivity (Wildman–Crippen MR) is 90.4 cm³/mol. The summed E-state index contributed by atoms with van der Waals surface area (Å²) in [6.45, 7) is 10.6. The minimum absolute atomic E-state index is 0.00439. The molecule has 2 unspecified atom stereocenters. The molecule has 0 radical (unpaired) electrons. The number of H-pyrrole nitrogens is 1. The van der Waals surface area contributed by atoms with Crippen LogP contribution in [0.5, 0.6) is 0 Å². The van der Waals surface area contributed by atoms with Gasteiger partial charge in [-0.3, -0.25) is 14.3 Å². The number of rotatable bonds is 4. The van der Waals surface area contributed by atoms with E-state index in [4.69, 9.17) is 9.16 Å². The summed E-state index contributed by atoms with van der Waals surface area (Å²) in [5.74, 6) is 0. The monoisotopic (exact) mass is 358 g/mol. The summed E-state index contributed by atoms with van der Waals surface area (Å²) < 4.78 is 12.7. The number of nitrogens with zero attached hydrogens (tertiary/aromatic N) is 1. The van der Waals surface area contributed by atoms with Gasteiger partial charge in [-0.1, -0.05) is 20.8 Å². The number of aromatic nitrogens is 2. The first kappa shape index (κ1) is 19.1. The summed E-state index contributed by atoms with van der Waals surface area (Å²) in [5.41, 5.74) is -1.24. The van der Waals surface area contributed by atoms with Crippen molar-refractivity contribution in [3.05, 3.63) is 33.1 Å². The molecule has 1 saturated heterocycles. The lowest BCUT2D eigenvalue weighted by molar-refractivity contribution is -0.0531. The lowest BCUT2D eigenvalue weighted by Gasteiger charge is -2.37. The van der Waals surface area contributed by atoms with Gasteiger partial charge in [-0.2, -0.15) is 0 Å². The van der Waals surface area contributed by atoms with Gasteiger partial charge in [-0.25, -0.2) is 4.79 Å². The summed E-state index contributed by atoms with van der Waals surface area (Å²) in [7, 11) is -2.03. The fraction of sp³-hybridized carbons (Fsp3) is 0.733. The molecule has 4 atom stereocenters. The van der Waals surface area contributed by atoms with Crippen LogP contribution in [0.4, 0.5) is 0 Å². The van der Waals surface area contributed by atoms with Crippen molar-refractivity contribution in [3.8, 4) is 0 Å². The molecule has 24 heavy (non-hydrogen) atoms. The van der Waals surface area contributed by atoms with Gasteiger partial charge in [0.1, 0.15) is 18.3 Å². The highest BCUT2D eigenvalue weighted by Gasteiger charge is 2.46. The Labute approximate surface area is 141 Å². The van der Waals surface area contributed by atoms with Crippen molar-refractivity contribution in [2.45, 2.75) is 63.4 Å². The molecular formula is C15H26N2O6Si. The van der Waals surface area contributed by atoms with E-state index in [1.165, 1.54) is 6.20 Å². The third-order valence-electron chi connectivity index (χ3n) is 4.88. The Morgan fingerprint density at radius 2 is 1.92 bits per heavy atom. The molecule has 0 bridgehead atoms. The largest absolute Gasteiger partial charge is 0.414 e. The topological polar surface area (TPSA) is 114 Å². The Hall–Kier alpha value is -1.26. The van der Waals surface area contributed by atoms with Gasteiger partial charge in [-0.05, 0) is 18.1 Å². The van der Waals surface area contributed by atoms with E-state index in [0.29, 0.717) is 0 Å². The van der Waals surface area contributed by atoms with Crippen LogP contribution in [0.1, 0.15) is 27.0 Å². The van der Waals surface area contributed by atoms with E-state index in [-0.39, 0.29) is 11.6 Å². The number of nitrogens with one attached hydrogen (secondary N) is 1. The van der Waals surface area contributed by atoms with Crippen LogP contribution in [-0.2, 0) is 9.16 Å². The van der Waals surface area contributed by atoms with E-state index >= 15 is 0 Å². The van der Waals surface area contributed by atoms with E-state index in [0.717, 1.165) is 10.6 Å². The van der Waals surface area contributed by atoms with Crippen molar-refractivity contribution in [1.82, 2.24) is 9.55 Å². The van der Waals surface area contributed by atoms with Crippen LogP contribution in [0.15, 0.2) is 21.9 Å². The third kappa shape index (κ3) is 3.70. The minimum atomic E-state index is -2.03. The summed E-state index contributed by atoms with van der Waals surface area (Å²) in [6, 6.07) is 1.16. The zero-order chi connectivity index (χ0) is 18.3. The molecule has 1 aromatic heterocycles. The molecule has 0 saturated carbocycles. The number of aromatic amines is 1. The second-order valence-corrected chi connectivity index (χ2v) is 12.4. The van der Waals surface area contributed by atoms with Crippen molar-refractivity contribution in [2.24, 2.45) is 0 Å². The molecule has 1 aliphatic rings. The van der Waals surface area contributed by atoms with Gasteiger partial charge in [0.2, 0.25) is 0 Å². The number of aliphatic hydroxyl groups is 2. The molecule has 0 aliphatic carbocycles. The number of hydrogen-bond donors (Lipinski definition) is 3. The average molecular weight is 358 g/mol. The highest BCUT2D eigenvalue weighted by molar-refractivity contribution is 6.74. The van der Waals surface area contributed by atoms with Crippen LogP contribution in [0.25, 0.3) is 0 Å². The Morgan fingerprint density at radius 1 is 1.29 bits per heavy atom. The molecule has 0 spiro atoms. The molecule has 9 heteroatoms. The first-order valence-electron chi connectivity index (χ1n) is 7.91. The van der Waals surface area contributed by atoms with E-state index in [9.17, 15) is 19.8 Å². The second-order valence-electron chi connectivity index (χ2n) is 7.64. The van der Waals surface area contributed by atoms with Crippen molar-refractivity contribution in [3.63, 3.8) is 0 Å². The maximum Gasteiger partial charge on any atom is 0.330 e. The Balaban J connectivity index is 2.13. The molecule has 2 heterocycles. The van der Waals surface area contributed by atoms with Gasteiger partial charge in [-0.15, -0.1) is 0 Å². The van der Waals surface area contributed by atoms with Crippen molar-refractivity contribution in [1.29, 1.82) is 0 Å². The van der Waals surface area contributed by atoms with E-state index in [2.05, 4.69) is 38.8 Å². The molecule has 136 valence electrons. The maximum absolute atomic E-state index is 11.8. The van der Waals surface area contributed by atoms with Crippen LogP contribution in [0, 0.1) is 0 Å². The molecule has 1 aliphatic heterocycles. The minimum Gasteiger partial charge on any atom is -0.414 e. The SMILES string of the molecule is CC(C)(C)[Si](C)(C)OC[C@H]1O[C@@H](n2ccc(=O)[nH]c2=O)C(O)C1O. The highest BCUT2D eigenvalue weighted by Crippen LogP contribution is 2.37. The van der Waals surface area contributed by atoms with Crippen LogP contribution in [0.2, 0.25) is 18.1 Å². The number of ether oxygens (including phenoxy) is 1. The second kappa shape index (κ2) is 6.56. The molecule has 1 aromatic rings. The van der Waals surface area contributed by atoms with Crippen LogP contribution in [-0.4, -0.2) is 53.0 Å². The Bertz CT molecular complexity index is 692. The number of hydrogen-bond acceptors (Lipinski definition) is 6. The predicted octanol–water partition coefficient (Wildman–Crippen LogP) is 0.178. The van der Waals surface area contributed by atoms with E-state index < -0.39 is 44.1 Å². The average Bonchev–Trinajstić information content (AvgIpc) is 2.72. The fourth-order valence-electron chi connectivity index (χ4n) is 2.23. The van der Waals surface area contributed by atoms with Crippen molar-refractivity contribution >= 4 is 8.32 Å². The lowest BCUT2D eigenvalue weighted by atomic mass is 10.1. The fourth-order valence-corrected chi connectivity index (χ4v) is 3.25. The Morgan fingerprint density at radius 3 is 2.46 bits per heavy atom. The summed E-state index contributed by atoms with van der Waals surface area (Å²) in [5, 5.41) is 20.4. The van der Waals surface area contributed by atoms with Gasteiger partial charge in [0.05, 0.1) is 6.61 Å². The highest BCUT2D eigenvalue weighted by atomic mass is 28.4. The summed E-state index contributed by atoms with van der Waals surface area (Å²) >= 11 is 0. The lowest BCUT2D eigenvalue weighted by Crippen LogP contribution is -2.44. The first-order chi connectivity index (χ1) is 10.9.